The quantitative estimate of drug-likeness (QED) is 0.149. The molecule has 34 heavy (non-hydrogen) atoms. The average Bonchev–Trinajstić information content (AvgIpc) is 2.85. The van der Waals surface area contributed by atoms with Gasteiger partial charge in [-0.1, -0.05) is 101 Å². The molecule has 0 fully saturated rings. The highest BCUT2D eigenvalue weighted by atomic mass is 35.5. The summed E-state index contributed by atoms with van der Waals surface area (Å²) in [6.07, 6.45) is 13.3. The van der Waals surface area contributed by atoms with Crippen molar-refractivity contribution in [3.8, 4) is 0 Å². The van der Waals surface area contributed by atoms with E-state index in [1.165, 1.54) is 68.1 Å². The van der Waals surface area contributed by atoms with E-state index in [0.717, 1.165) is 24.8 Å². The molecule has 0 amide bonds. The number of carbonyl (C=O) groups excluding carboxylic acids is 1. The Labute approximate surface area is 217 Å². The molecule has 2 nitrogen and oxygen atoms in total. The lowest BCUT2D eigenvalue weighted by Crippen LogP contribution is -2.16. The van der Waals surface area contributed by atoms with Crippen molar-refractivity contribution in [1.29, 1.82) is 0 Å². The third-order valence-electron chi connectivity index (χ3n) is 6.83. The Morgan fingerprint density at radius 2 is 1.21 bits per heavy atom. The van der Waals surface area contributed by atoms with E-state index in [1.807, 2.05) is 0 Å². The Morgan fingerprint density at radius 1 is 0.735 bits per heavy atom. The third-order valence-corrected chi connectivity index (χ3v) is 7.13. The van der Waals surface area contributed by atoms with Crippen LogP contribution in [0.2, 0.25) is 0 Å². The largest absolute Gasteiger partial charge is 0.281 e. The van der Waals surface area contributed by atoms with Crippen molar-refractivity contribution in [3.05, 3.63) is 70.8 Å². The van der Waals surface area contributed by atoms with Crippen LogP contribution in [0.4, 0.5) is 0 Å². The van der Waals surface area contributed by atoms with Gasteiger partial charge in [0.15, 0.2) is 0 Å². The topological polar surface area (TPSA) is 26.3 Å². The van der Waals surface area contributed by atoms with E-state index in [9.17, 15) is 4.79 Å². The Bertz CT molecular complexity index is 802. The van der Waals surface area contributed by atoms with Gasteiger partial charge < -0.3 is 0 Å². The van der Waals surface area contributed by atoms with Crippen molar-refractivity contribution in [1.82, 2.24) is 0 Å². The van der Waals surface area contributed by atoms with Crippen LogP contribution < -0.4 is 0 Å². The summed E-state index contributed by atoms with van der Waals surface area (Å²) in [5, 5.41) is -0.307. The van der Waals surface area contributed by atoms with Crippen LogP contribution in [0.5, 0.6) is 0 Å². The highest BCUT2D eigenvalue weighted by Crippen LogP contribution is 2.39. The van der Waals surface area contributed by atoms with Gasteiger partial charge in [0.1, 0.15) is 0 Å². The summed E-state index contributed by atoms with van der Waals surface area (Å²) < 4.78 is 4.92. The number of hydrogen-bond acceptors (Lipinski definition) is 2. The predicted molar refractivity (Wildman–Crippen MR) is 146 cm³/mol. The molecule has 0 radical (unpaired) electrons. The van der Waals surface area contributed by atoms with E-state index < -0.39 is 0 Å². The molecule has 0 aliphatic heterocycles. The van der Waals surface area contributed by atoms with Crippen LogP contribution in [0.15, 0.2) is 48.5 Å². The summed E-state index contributed by atoms with van der Waals surface area (Å²) >= 11 is 11.5. The predicted octanol–water partition coefficient (Wildman–Crippen LogP) is 9.52. The van der Waals surface area contributed by atoms with Gasteiger partial charge in [-0.3, -0.25) is 9.08 Å². The number of aryl methyl sites for hydroxylation is 2. The first kappa shape index (κ1) is 28.9. The molecule has 0 N–H and O–H groups in total. The third kappa shape index (κ3) is 10.5. The molecule has 0 bridgehead atoms. The molecule has 0 aliphatic carbocycles. The zero-order valence-electron chi connectivity index (χ0n) is 21.0. The number of unbranched alkanes of at least 4 members (excludes halogenated alkanes) is 6. The van der Waals surface area contributed by atoms with E-state index in [-0.39, 0.29) is 17.1 Å². The van der Waals surface area contributed by atoms with Crippen LogP contribution in [0.25, 0.3) is 0 Å². The van der Waals surface area contributed by atoms with Crippen molar-refractivity contribution in [2.45, 2.75) is 103 Å². The van der Waals surface area contributed by atoms with Crippen molar-refractivity contribution in [2.75, 3.05) is 6.61 Å². The summed E-state index contributed by atoms with van der Waals surface area (Å²) in [7, 11) is 0. The zero-order chi connectivity index (χ0) is 24.6. The van der Waals surface area contributed by atoms with Gasteiger partial charge in [0.05, 0.1) is 18.5 Å². The molecule has 0 heterocycles. The van der Waals surface area contributed by atoms with Crippen molar-refractivity contribution in [2.24, 2.45) is 0 Å². The van der Waals surface area contributed by atoms with Gasteiger partial charge in [0.25, 0.3) is 0 Å². The van der Waals surface area contributed by atoms with E-state index in [1.54, 1.807) is 0 Å². The SMILES string of the molecule is CCCCCCc1ccc(C(CCOCl)C(CC(=O)Cl)c2ccc(CCCCCC)cc2)cc1. The minimum atomic E-state index is -0.307. The van der Waals surface area contributed by atoms with Crippen LogP contribution in [0.3, 0.4) is 0 Å². The first-order valence-electron chi connectivity index (χ1n) is 13.2. The van der Waals surface area contributed by atoms with E-state index >= 15 is 0 Å². The van der Waals surface area contributed by atoms with Gasteiger partial charge >= 0.3 is 0 Å². The molecule has 0 saturated carbocycles. The Balaban J connectivity index is 2.19. The van der Waals surface area contributed by atoms with E-state index in [0.29, 0.717) is 13.0 Å². The minimum absolute atomic E-state index is 0.0126. The maximum absolute atomic E-state index is 12.0. The Morgan fingerprint density at radius 3 is 1.62 bits per heavy atom. The van der Waals surface area contributed by atoms with Crippen LogP contribution in [0, 0.1) is 0 Å². The molecule has 2 aromatic rings. The van der Waals surface area contributed by atoms with Gasteiger partial charge in [0, 0.05) is 6.42 Å². The summed E-state index contributed by atoms with van der Waals surface area (Å²) in [5.74, 6) is 0.0901. The molecule has 0 aliphatic rings. The summed E-state index contributed by atoms with van der Waals surface area (Å²) in [5.41, 5.74) is 5.07. The summed E-state index contributed by atoms with van der Waals surface area (Å²) in [4.78, 5) is 12.0. The zero-order valence-corrected chi connectivity index (χ0v) is 22.6. The smallest absolute Gasteiger partial charge is 0.222 e. The molecular formula is C30H42Cl2O2. The van der Waals surface area contributed by atoms with Gasteiger partial charge in [-0.25, -0.2) is 0 Å². The van der Waals surface area contributed by atoms with Gasteiger partial charge in [-0.05, 0) is 77.8 Å². The van der Waals surface area contributed by atoms with Crippen LogP contribution in [-0.4, -0.2) is 11.8 Å². The lowest BCUT2D eigenvalue weighted by atomic mass is 9.77. The fourth-order valence-corrected chi connectivity index (χ4v) is 5.07. The van der Waals surface area contributed by atoms with Crippen molar-refractivity contribution < 1.29 is 9.08 Å². The summed E-state index contributed by atoms with van der Waals surface area (Å²) in [6, 6.07) is 17.7. The van der Waals surface area contributed by atoms with Crippen molar-refractivity contribution >= 4 is 28.7 Å². The maximum Gasteiger partial charge on any atom is 0.222 e. The number of rotatable bonds is 18. The molecule has 2 aromatic carbocycles. The monoisotopic (exact) mass is 504 g/mol. The molecule has 0 aromatic heterocycles. The lowest BCUT2D eigenvalue weighted by Gasteiger charge is -2.27. The molecule has 2 rings (SSSR count). The first-order valence-corrected chi connectivity index (χ1v) is 13.9. The van der Waals surface area contributed by atoms with Gasteiger partial charge in [0.2, 0.25) is 5.24 Å². The molecule has 0 spiro atoms. The minimum Gasteiger partial charge on any atom is -0.281 e. The standard InChI is InChI=1S/C30H42Cl2O2/c1-3-5-7-9-11-24-13-17-26(18-14-24)28(21-22-34-32)29(23-30(31)33)27-19-15-25(16-20-27)12-10-8-6-4-2/h13-20,28-29H,3-12,21-23H2,1-2H3. The van der Waals surface area contributed by atoms with E-state index in [2.05, 4.69) is 62.4 Å². The van der Waals surface area contributed by atoms with Gasteiger partial charge in [-0.2, -0.15) is 0 Å². The summed E-state index contributed by atoms with van der Waals surface area (Å²) in [6.45, 7) is 4.90. The number of hydrogen-bond donors (Lipinski definition) is 0. The second kappa shape index (κ2) is 17.1. The Hall–Kier alpha value is -1.35. The molecule has 2 unspecified atom stereocenters. The highest BCUT2D eigenvalue weighted by molar-refractivity contribution is 6.63. The van der Waals surface area contributed by atoms with E-state index in [4.69, 9.17) is 27.8 Å². The molecule has 2 atom stereocenters. The van der Waals surface area contributed by atoms with Gasteiger partial charge in [-0.15, -0.1) is 0 Å². The number of benzene rings is 2. The Kier molecular flexibility index (Phi) is 14.6. The van der Waals surface area contributed by atoms with Crippen LogP contribution >= 0.6 is 23.5 Å². The fourth-order valence-electron chi connectivity index (χ4n) is 4.81. The maximum atomic E-state index is 12.0. The second-order valence-electron chi connectivity index (χ2n) is 9.48. The second-order valence-corrected chi connectivity index (χ2v) is 10.1. The fraction of sp³-hybridized carbons (Fsp3) is 0.567. The molecule has 188 valence electrons. The lowest BCUT2D eigenvalue weighted by molar-refractivity contribution is -0.112. The molecule has 0 saturated heterocycles. The normalized spacial score (nSPS) is 13.1. The van der Waals surface area contributed by atoms with Crippen molar-refractivity contribution in [3.63, 3.8) is 0 Å². The highest BCUT2D eigenvalue weighted by Gasteiger charge is 2.27. The van der Waals surface area contributed by atoms with Crippen LogP contribution in [0.1, 0.15) is 112 Å². The number of halogens is 2. The van der Waals surface area contributed by atoms with Crippen LogP contribution in [-0.2, 0) is 21.9 Å². The molecule has 4 heteroatoms. The molecular weight excluding hydrogens is 463 g/mol. The first-order chi connectivity index (χ1) is 16.6. The number of carbonyl (C=O) groups is 1. The average molecular weight is 506 g/mol.